The molecule has 0 aromatic heterocycles. The van der Waals surface area contributed by atoms with E-state index in [1.165, 1.54) is 64.7 Å². The highest BCUT2D eigenvalue weighted by Gasteiger charge is 2.29. The Morgan fingerprint density at radius 2 is 1.89 bits per heavy atom. The Morgan fingerprint density at radius 1 is 1.18 bits per heavy atom. The van der Waals surface area contributed by atoms with Crippen LogP contribution in [0.15, 0.2) is 0 Å². The largest absolute Gasteiger partial charge is 0.299 e. The molecule has 0 saturated carbocycles. The second kappa shape index (κ2) is 14.1. The second-order valence-electron chi connectivity index (χ2n) is 9.48. The first-order valence-electron chi connectivity index (χ1n) is 12.0. The molecule has 1 fully saturated rings. The van der Waals surface area contributed by atoms with E-state index in [1.54, 1.807) is 0 Å². The molecule has 0 aromatic carbocycles. The Morgan fingerprint density at radius 3 is 2.46 bits per heavy atom. The molecule has 0 aromatic rings. The molecule has 1 N–H and O–H groups in total. The summed E-state index contributed by atoms with van der Waals surface area (Å²) in [6, 6.07) is 2.14. The van der Waals surface area contributed by atoms with Crippen LogP contribution in [0.3, 0.4) is 0 Å². The van der Waals surface area contributed by atoms with E-state index in [0.717, 1.165) is 30.2 Å². The van der Waals surface area contributed by atoms with E-state index in [1.807, 2.05) is 0 Å². The van der Waals surface area contributed by atoms with Crippen molar-refractivity contribution in [3.63, 3.8) is 0 Å². The highest BCUT2D eigenvalue weighted by atomic mass is 31.1. The summed E-state index contributed by atoms with van der Waals surface area (Å²) in [7, 11) is -0.0858. The minimum Gasteiger partial charge on any atom is -0.299 e. The average Bonchev–Trinajstić information content (AvgIpc) is 3.16. The van der Waals surface area contributed by atoms with E-state index < -0.39 is 0 Å². The fourth-order valence-electron chi connectivity index (χ4n) is 4.79. The van der Waals surface area contributed by atoms with Crippen molar-refractivity contribution in [1.29, 1.82) is 0 Å². The maximum Gasteiger partial charge on any atom is 0.156 e. The lowest BCUT2D eigenvalue weighted by atomic mass is 9.93. The Hall–Kier alpha value is 0.0500. The fourth-order valence-corrected chi connectivity index (χ4v) is 5.39. The maximum absolute atomic E-state index is 4.17. The van der Waals surface area contributed by atoms with Crippen LogP contribution >= 0.6 is 7.55 Å². The summed E-state index contributed by atoms with van der Waals surface area (Å²) in [6.07, 6.45) is 13.2. The molecule has 28 heavy (non-hydrogen) atoms. The monoisotopic (exact) mass is 412 g/mol. The zero-order valence-electron chi connectivity index (χ0n) is 20.2. The van der Waals surface area contributed by atoms with E-state index in [-0.39, 0.29) is 7.55 Å². The lowest BCUT2D eigenvalue weighted by Crippen LogP contribution is -2.40. The van der Waals surface area contributed by atoms with Crippen molar-refractivity contribution in [2.45, 2.75) is 98.2 Å². The molecule has 0 amide bonds. The van der Waals surface area contributed by atoms with Crippen LogP contribution in [0.25, 0.3) is 0 Å². The Labute approximate surface area is 178 Å². The van der Waals surface area contributed by atoms with Gasteiger partial charge in [0.25, 0.3) is 0 Å². The van der Waals surface area contributed by atoms with E-state index in [2.05, 4.69) is 69.6 Å². The van der Waals surface area contributed by atoms with Gasteiger partial charge >= 0.3 is 0 Å². The molecule has 1 rings (SSSR count). The molecular formula is C24H51N3P+. The number of nitrogens with one attached hydrogen (secondary N) is 1. The van der Waals surface area contributed by atoms with Crippen molar-refractivity contribution in [2.24, 2.45) is 11.8 Å². The Bertz CT molecular complexity index is 428. The summed E-state index contributed by atoms with van der Waals surface area (Å²) in [6.45, 7) is 21.5. The van der Waals surface area contributed by atoms with Gasteiger partial charge in [-0.25, -0.2) is 0 Å². The first kappa shape index (κ1) is 26.1. The molecule has 1 aliphatic heterocycles. The molecule has 3 nitrogen and oxygen atoms in total. The quantitative estimate of drug-likeness (QED) is 0.359. The third kappa shape index (κ3) is 9.24. The number of nitrogens with zero attached hydrogens (tertiary/aromatic N) is 2. The fraction of sp³-hybridized carbons (Fsp3) is 0.958. The molecule has 0 spiro atoms. The standard InChI is InChI=1S/C24H51N3P/c1-9-20(4)17-21(5)27-16-14-24(18-27)26(11-3)15-12-13-23(10-2)22(6)25-19-28(7)8/h20-25H,7,9-19H2,1-6,8H3/q+1. The SMILES string of the molecule is C=[P+](C)CNC(C)C(CC)CCCN(CC)C1CCN(C(C)CC(C)CC)C1. The van der Waals surface area contributed by atoms with Gasteiger partial charge in [0, 0.05) is 31.2 Å². The molecule has 0 bridgehead atoms. The smallest absolute Gasteiger partial charge is 0.156 e. The summed E-state index contributed by atoms with van der Waals surface area (Å²) in [4.78, 5) is 5.52. The lowest BCUT2D eigenvalue weighted by Gasteiger charge is -2.31. The number of likely N-dealkylation sites (tertiary alicyclic amines) is 1. The third-order valence-electron chi connectivity index (χ3n) is 7.12. The predicted molar refractivity (Wildman–Crippen MR) is 131 cm³/mol. The van der Waals surface area contributed by atoms with Gasteiger partial charge in [0.2, 0.25) is 0 Å². The zero-order valence-corrected chi connectivity index (χ0v) is 21.1. The first-order valence-corrected chi connectivity index (χ1v) is 14.2. The van der Waals surface area contributed by atoms with Crippen LogP contribution < -0.4 is 5.32 Å². The van der Waals surface area contributed by atoms with Crippen LogP contribution in [0, 0.1) is 11.8 Å². The minimum absolute atomic E-state index is 0.0858. The summed E-state index contributed by atoms with van der Waals surface area (Å²) < 4.78 is 0. The van der Waals surface area contributed by atoms with Crippen LogP contribution in [0.4, 0.5) is 0 Å². The minimum atomic E-state index is -0.0858. The average molecular weight is 413 g/mol. The number of hydrogen-bond donors (Lipinski definition) is 1. The number of likely N-dealkylation sites (N-methyl/N-ethyl adjacent to an activating group) is 1. The zero-order chi connectivity index (χ0) is 21.1. The van der Waals surface area contributed by atoms with Crippen molar-refractivity contribution in [1.82, 2.24) is 15.1 Å². The second-order valence-corrected chi connectivity index (χ2v) is 11.5. The summed E-state index contributed by atoms with van der Waals surface area (Å²) in [5, 5.41) is 3.72. The molecule has 6 unspecified atom stereocenters. The number of hydrogen-bond acceptors (Lipinski definition) is 3. The van der Waals surface area contributed by atoms with Crippen LogP contribution in [-0.2, 0) is 0 Å². The Kier molecular flexibility index (Phi) is 13.2. The van der Waals surface area contributed by atoms with Gasteiger partial charge in [0.15, 0.2) is 6.29 Å². The van der Waals surface area contributed by atoms with Crippen molar-refractivity contribution < 1.29 is 0 Å². The van der Waals surface area contributed by atoms with Crippen LogP contribution in [0.5, 0.6) is 0 Å². The van der Waals surface area contributed by atoms with E-state index in [4.69, 9.17) is 0 Å². The molecule has 6 atom stereocenters. The van der Waals surface area contributed by atoms with Crippen LogP contribution in [0.2, 0.25) is 0 Å². The molecule has 166 valence electrons. The molecular weight excluding hydrogens is 361 g/mol. The Balaban J connectivity index is 2.40. The van der Waals surface area contributed by atoms with Crippen LogP contribution in [0.1, 0.15) is 80.1 Å². The van der Waals surface area contributed by atoms with E-state index in [0.29, 0.717) is 6.04 Å². The van der Waals surface area contributed by atoms with Crippen molar-refractivity contribution in [2.75, 3.05) is 39.1 Å². The highest BCUT2D eigenvalue weighted by Crippen LogP contribution is 2.23. The number of rotatable bonds is 15. The topological polar surface area (TPSA) is 18.5 Å². The van der Waals surface area contributed by atoms with Gasteiger partial charge in [-0.05, 0) is 64.5 Å². The van der Waals surface area contributed by atoms with Gasteiger partial charge in [-0.3, -0.25) is 15.1 Å². The molecule has 1 aliphatic rings. The molecule has 0 radical (unpaired) electrons. The normalized spacial score (nSPS) is 23.0. The highest BCUT2D eigenvalue weighted by molar-refractivity contribution is 7.54. The maximum atomic E-state index is 4.17. The van der Waals surface area contributed by atoms with Crippen LogP contribution in [-0.4, -0.2) is 73.4 Å². The molecule has 4 heteroatoms. The first-order chi connectivity index (χ1) is 13.3. The van der Waals surface area contributed by atoms with Gasteiger partial charge in [0.05, 0.1) is 20.5 Å². The molecule has 1 heterocycles. The summed E-state index contributed by atoms with van der Waals surface area (Å²) >= 11 is 0. The molecule has 0 aliphatic carbocycles. The van der Waals surface area contributed by atoms with E-state index in [9.17, 15) is 0 Å². The van der Waals surface area contributed by atoms with Crippen molar-refractivity contribution >= 4 is 13.8 Å². The van der Waals surface area contributed by atoms with Gasteiger partial charge in [0.1, 0.15) is 0 Å². The van der Waals surface area contributed by atoms with Gasteiger partial charge in [-0.2, -0.15) is 0 Å². The predicted octanol–water partition coefficient (Wildman–Crippen LogP) is 5.49. The van der Waals surface area contributed by atoms with Crippen molar-refractivity contribution in [3.8, 4) is 0 Å². The summed E-state index contributed by atoms with van der Waals surface area (Å²) in [5.74, 6) is 1.65. The third-order valence-corrected chi connectivity index (χ3v) is 7.84. The van der Waals surface area contributed by atoms with Gasteiger partial charge in [-0.15, -0.1) is 0 Å². The van der Waals surface area contributed by atoms with E-state index >= 15 is 0 Å². The lowest BCUT2D eigenvalue weighted by molar-refractivity contribution is 0.169. The van der Waals surface area contributed by atoms with Gasteiger partial charge < -0.3 is 0 Å². The van der Waals surface area contributed by atoms with Gasteiger partial charge in [-0.1, -0.05) is 40.5 Å². The summed E-state index contributed by atoms with van der Waals surface area (Å²) in [5.41, 5.74) is 0. The van der Waals surface area contributed by atoms with Crippen molar-refractivity contribution in [3.05, 3.63) is 0 Å². The molecule has 1 saturated heterocycles.